The summed E-state index contributed by atoms with van der Waals surface area (Å²) in [6.45, 7) is 5.02. The lowest BCUT2D eigenvalue weighted by molar-refractivity contribution is 0.0697. The van der Waals surface area contributed by atoms with Gasteiger partial charge in [0.05, 0.1) is 18.8 Å². The van der Waals surface area contributed by atoms with Gasteiger partial charge in [-0.2, -0.15) is 4.39 Å². The first-order valence-corrected chi connectivity index (χ1v) is 15.8. The van der Waals surface area contributed by atoms with Crippen LogP contribution in [0, 0.1) is 17.5 Å². The van der Waals surface area contributed by atoms with Crippen LogP contribution in [0.5, 0.6) is 11.5 Å². The van der Waals surface area contributed by atoms with Crippen molar-refractivity contribution in [1.82, 2.24) is 0 Å². The van der Waals surface area contributed by atoms with Crippen molar-refractivity contribution in [2.45, 2.75) is 97.3 Å². The minimum absolute atomic E-state index is 0.0106. The number of aromatic carboxylic acids is 1. The molecule has 0 radical (unpaired) electrons. The summed E-state index contributed by atoms with van der Waals surface area (Å²) in [5, 5.41) is 9.76. The lowest BCUT2D eigenvalue weighted by Crippen LogP contribution is -2.04. The molecule has 0 heterocycles. The number of benzene rings is 3. The van der Waals surface area contributed by atoms with Crippen LogP contribution in [0.1, 0.15) is 108 Å². The Labute approximate surface area is 254 Å². The fraction of sp³-hybridized carbons (Fsp3) is 0.472. The van der Waals surface area contributed by atoms with Gasteiger partial charge in [0.1, 0.15) is 0 Å². The SMILES string of the molecule is CCCCCCCCCOc1ccc(-c2ccc(C(=O)O)c(-c3ccc(OCCCCCCCC)c(F)c3F)c2)cc1F. The molecule has 3 aromatic carbocycles. The highest BCUT2D eigenvalue weighted by molar-refractivity contribution is 5.97. The predicted octanol–water partition coefficient (Wildman–Crippen LogP) is 11.0. The Morgan fingerprint density at radius 3 is 1.70 bits per heavy atom. The lowest BCUT2D eigenvalue weighted by atomic mass is 9.94. The minimum Gasteiger partial charge on any atom is -0.491 e. The van der Waals surface area contributed by atoms with E-state index in [2.05, 4.69) is 13.8 Å². The van der Waals surface area contributed by atoms with E-state index in [1.165, 1.54) is 74.6 Å². The molecule has 3 rings (SSSR count). The maximum Gasteiger partial charge on any atom is 0.336 e. The minimum atomic E-state index is -1.29. The van der Waals surface area contributed by atoms with Gasteiger partial charge in [-0.05, 0) is 65.9 Å². The second-order valence-corrected chi connectivity index (χ2v) is 11.0. The Morgan fingerprint density at radius 2 is 1.12 bits per heavy atom. The van der Waals surface area contributed by atoms with Crippen molar-refractivity contribution in [3.8, 4) is 33.8 Å². The van der Waals surface area contributed by atoms with Crippen LogP contribution in [0.2, 0.25) is 0 Å². The molecule has 0 aromatic heterocycles. The highest BCUT2D eigenvalue weighted by atomic mass is 19.2. The zero-order chi connectivity index (χ0) is 31.0. The van der Waals surface area contributed by atoms with Crippen LogP contribution in [-0.4, -0.2) is 24.3 Å². The van der Waals surface area contributed by atoms with Crippen molar-refractivity contribution in [3.05, 3.63) is 71.5 Å². The summed E-state index contributed by atoms with van der Waals surface area (Å²) in [7, 11) is 0. The zero-order valence-corrected chi connectivity index (χ0v) is 25.5. The third kappa shape index (κ3) is 10.3. The average molecular weight is 599 g/mol. The van der Waals surface area contributed by atoms with Gasteiger partial charge in [0.15, 0.2) is 23.1 Å². The number of halogens is 3. The van der Waals surface area contributed by atoms with E-state index in [0.29, 0.717) is 17.7 Å². The van der Waals surface area contributed by atoms with E-state index < -0.39 is 23.4 Å². The first-order chi connectivity index (χ1) is 20.9. The van der Waals surface area contributed by atoms with Gasteiger partial charge in [-0.15, -0.1) is 0 Å². The third-order valence-corrected chi connectivity index (χ3v) is 7.61. The quantitative estimate of drug-likeness (QED) is 0.131. The molecule has 0 saturated heterocycles. The van der Waals surface area contributed by atoms with Gasteiger partial charge in [0, 0.05) is 5.56 Å². The first kappa shape index (κ1) is 34.0. The molecule has 0 amide bonds. The van der Waals surface area contributed by atoms with Gasteiger partial charge >= 0.3 is 5.97 Å². The number of carboxylic acid groups (broad SMARTS) is 1. The summed E-state index contributed by atoms with van der Waals surface area (Å²) >= 11 is 0. The summed E-state index contributed by atoms with van der Waals surface area (Å²) < 4.78 is 56.3. The molecule has 0 saturated carbocycles. The van der Waals surface area contributed by atoms with Gasteiger partial charge in [0.2, 0.25) is 5.82 Å². The van der Waals surface area contributed by atoms with E-state index >= 15 is 4.39 Å². The largest absolute Gasteiger partial charge is 0.491 e. The van der Waals surface area contributed by atoms with Crippen molar-refractivity contribution in [2.75, 3.05) is 13.2 Å². The third-order valence-electron chi connectivity index (χ3n) is 7.61. The topological polar surface area (TPSA) is 55.8 Å². The Bertz CT molecular complexity index is 1310. The molecule has 234 valence electrons. The fourth-order valence-electron chi connectivity index (χ4n) is 5.09. The monoisotopic (exact) mass is 598 g/mol. The van der Waals surface area contributed by atoms with Crippen LogP contribution in [0.25, 0.3) is 22.3 Å². The molecule has 0 fully saturated rings. The highest BCUT2D eigenvalue weighted by Crippen LogP contribution is 2.35. The maximum absolute atomic E-state index is 15.3. The zero-order valence-electron chi connectivity index (χ0n) is 25.5. The summed E-state index contributed by atoms with van der Waals surface area (Å²) in [6, 6.07) is 11.4. The lowest BCUT2D eigenvalue weighted by Gasteiger charge is -2.14. The van der Waals surface area contributed by atoms with E-state index in [9.17, 15) is 18.7 Å². The number of hydrogen-bond acceptors (Lipinski definition) is 3. The summed E-state index contributed by atoms with van der Waals surface area (Å²) in [6.07, 6.45) is 14.1. The van der Waals surface area contributed by atoms with Crippen molar-refractivity contribution in [1.29, 1.82) is 0 Å². The summed E-state index contributed by atoms with van der Waals surface area (Å²) in [4.78, 5) is 12.0. The molecule has 0 unspecified atom stereocenters. The van der Waals surface area contributed by atoms with E-state index in [4.69, 9.17) is 9.47 Å². The van der Waals surface area contributed by atoms with Crippen LogP contribution < -0.4 is 9.47 Å². The molecular formula is C36H45F3O4. The van der Waals surface area contributed by atoms with Gasteiger partial charge < -0.3 is 14.6 Å². The van der Waals surface area contributed by atoms with Crippen LogP contribution in [-0.2, 0) is 0 Å². The molecule has 0 aliphatic carbocycles. The molecule has 43 heavy (non-hydrogen) atoms. The fourth-order valence-corrected chi connectivity index (χ4v) is 5.09. The second kappa shape index (κ2) is 18.2. The summed E-state index contributed by atoms with van der Waals surface area (Å²) in [5.74, 6) is -4.27. The van der Waals surface area contributed by atoms with Gasteiger partial charge in [-0.25, -0.2) is 13.6 Å². The van der Waals surface area contributed by atoms with Gasteiger partial charge in [0.25, 0.3) is 0 Å². The molecule has 1 N–H and O–H groups in total. The number of hydrogen-bond donors (Lipinski definition) is 1. The molecule has 0 aliphatic rings. The standard InChI is InChI=1S/C36H45F3O4/c1-3-5-7-9-11-13-14-22-42-32-20-17-27(25-31(32)37)26-16-18-29(36(40)41)30(24-26)28-19-21-33(35(39)34(28)38)43-23-15-12-10-8-6-4-2/h16-21,24-25H,3-15,22-23H2,1-2H3,(H,40,41). The Hall–Kier alpha value is -3.48. The number of carbonyl (C=O) groups is 1. The normalized spacial score (nSPS) is 11.1. The van der Waals surface area contributed by atoms with Gasteiger partial charge in [-0.3, -0.25) is 0 Å². The van der Waals surface area contributed by atoms with Crippen LogP contribution in [0.4, 0.5) is 13.2 Å². The number of unbranched alkanes of at least 4 members (excludes halogenated alkanes) is 11. The second-order valence-electron chi connectivity index (χ2n) is 11.0. The van der Waals surface area contributed by atoms with E-state index in [1.54, 1.807) is 6.07 Å². The molecule has 0 aliphatic heterocycles. The first-order valence-electron chi connectivity index (χ1n) is 15.8. The number of ether oxygens (including phenoxy) is 2. The predicted molar refractivity (Wildman–Crippen MR) is 167 cm³/mol. The van der Waals surface area contributed by atoms with Gasteiger partial charge in [-0.1, -0.05) is 96.6 Å². The molecule has 0 spiro atoms. The molecule has 3 aromatic rings. The Morgan fingerprint density at radius 1 is 0.605 bits per heavy atom. The maximum atomic E-state index is 15.3. The smallest absolute Gasteiger partial charge is 0.336 e. The molecule has 4 nitrogen and oxygen atoms in total. The van der Waals surface area contributed by atoms with Crippen LogP contribution >= 0.6 is 0 Å². The van der Waals surface area contributed by atoms with Crippen LogP contribution in [0.15, 0.2) is 48.5 Å². The Balaban J connectivity index is 1.71. The van der Waals surface area contributed by atoms with Crippen molar-refractivity contribution in [2.24, 2.45) is 0 Å². The van der Waals surface area contributed by atoms with E-state index in [-0.39, 0.29) is 34.8 Å². The number of rotatable bonds is 20. The average Bonchev–Trinajstić information content (AvgIpc) is 3.00. The van der Waals surface area contributed by atoms with Crippen LogP contribution in [0.3, 0.4) is 0 Å². The van der Waals surface area contributed by atoms with Crippen molar-refractivity contribution < 1.29 is 32.5 Å². The number of carboxylic acids is 1. The molecule has 0 atom stereocenters. The summed E-state index contributed by atoms with van der Waals surface area (Å²) in [5.41, 5.74) is 0.500. The van der Waals surface area contributed by atoms with E-state index in [0.717, 1.165) is 51.4 Å². The Kier molecular flexibility index (Phi) is 14.4. The molecule has 7 heteroatoms. The molecule has 0 bridgehead atoms. The molecular weight excluding hydrogens is 553 g/mol. The van der Waals surface area contributed by atoms with Crippen molar-refractivity contribution in [3.63, 3.8) is 0 Å². The van der Waals surface area contributed by atoms with E-state index in [1.807, 2.05) is 0 Å². The highest BCUT2D eigenvalue weighted by Gasteiger charge is 2.21. The van der Waals surface area contributed by atoms with Crippen molar-refractivity contribution >= 4 is 5.97 Å².